The standard InChI is InChI=1S/C20H26N2O4S/c1-14-6-7-17(12-15(14)2)16(3)21-20(23)13-22(4)27(24,25)19-10-8-18(26-5)9-11-19/h6-12,16H,13H2,1-5H3,(H,21,23). The first-order valence-electron chi connectivity index (χ1n) is 8.62. The summed E-state index contributed by atoms with van der Waals surface area (Å²) in [4.78, 5) is 12.4. The van der Waals surface area contributed by atoms with Gasteiger partial charge in [0, 0.05) is 7.05 Å². The Morgan fingerprint density at radius 2 is 1.74 bits per heavy atom. The molecule has 1 unspecified atom stereocenters. The molecule has 0 bridgehead atoms. The molecule has 0 saturated heterocycles. The minimum atomic E-state index is -3.75. The molecule has 0 aliphatic carbocycles. The van der Waals surface area contributed by atoms with Gasteiger partial charge in [0.15, 0.2) is 0 Å². The van der Waals surface area contributed by atoms with Crippen molar-refractivity contribution in [3.8, 4) is 5.75 Å². The SMILES string of the molecule is COc1ccc(S(=O)(=O)N(C)CC(=O)NC(C)c2ccc(C)c(C)c2)cc1. The van der Waals surface area contributed by atoms with Crippen LogP contribution < -0.4 is 10.1 Å². The van der Waals surface area contributed by atoms with E-state index in [0.717, 1.165) is 15.4 Å². The molecule has 1 atom stereocenters. The lowest BCUT2D eigenvalue weighted by atomic mass is 10.0. The summed E-state index contributed by atoms with van der Waals surface area (Å²) in [5.74, 6) is 0.205. The Balaban J connectivity index is 2.03. The number of nitrogens with zero attached hydrogens (tertiary/aromatic N) is 1. The second kappa shape index (κ2) is 8.54. The summed E-state index contributed by atoms with van der Waals surface area (Å²) in [5, 5.41) is 2.85. The van der Waals surface area contributed by atoms with E-state index in [2.05, 4.69) is 5.32 Å². The Bertz CT molecular complexity index is 908. The monoisotopic (exact) mass is 390 g/mol. The number of ether oxygens (including phenoxy) is 1. The predicted octanol–water partition coefficient (Wildman–Crippen LogP) is 2.81. The third kappa shape index (κ3) is 5.08. The van der Waals surface area contributed by atoms with Gasteiger partial charge in [-0.05, 0) is 61.7 Å². The van der Waals surface area contributed by atoms with Crippen LogP contribution in [0.3, 0.4) is 0 Å². The molecular formula is C20H26N2O4S. The van der Waals surface area contributed by atoms with Crippen LogP contribution in [0, 0.1) is 13.8 Å². The zero-order valence-corrected chi connectivity index (χ0v) is 17.1. The van der Waals surface area contributed by atoms with Crippen LogP contribution in [0.2, 0.25) is 0 Å². The second-order valence-corrected chi connectivity index (χ2v) is 8.61. The summed E-state index contributed by atoms with van der Waals surface area (Å²) < 4.78 is 31.3. The number of benzene rings is 2. The van der Waals surface area contributed by atoms with Gasteiger partial charge in [0.25, 0.3) is 0 Å². The molecule has 0 heterocycles. The van der Waals surface area contributed by atoms with Crippen molar-refractivity contribution in [3.05, 3.63) is 59.2 Å². The Kier molecular flexibility index (Phi) is 6.62. The number of rotatable bonds is 7. The summed E-state index contributed by atoms with van der Waals surface area (Å²) in [6.07, 6.45) is 0. The fourth-order valence-electron chi connectivity index (χ4n) is 2.62. The molecule has 0 radical (unpaired) electrons. The average molecular weight is 391 g/mol. The Labute approximate surface area is 161 Å². The fraction of sp³-hybridized carbons (Fsp3) is 0.350. The largest absolute Gasteiger partial charge is 0.497 e. The maximum absolute atomic E-state index is 12.6. The molecule has 6 nitrogen and oxygen atoms in total. The molecule has 2 aromatic carbocycles. The van der Waals surface area contributed by atoms with Gasteiger partial charge in [-0.1, -0.05) is 18.2 Å². The second-order valence-electron chi connectivity index (χ2n) is 6.57. The van der Waals surface area contributed by atoms with E-state index in [0.29, 0.717) is 5.75 Å². The van der Waals surface area contributed by atoms with Crippen LogP contribution in [0.25, 0.3) is 0 Å². The summed E-state index contributed by atoms with van der Waals surface area (Å²) in [7, 11) is -0.856. The van der Waals surface area contributed by atoms with Crippen LogP contribution in [0.15, 0.2) is 47.4 Å². The topological polar surface area (TPSA) is 75.7 Å². The average Bonchev–Trinajstić information content (AvgIpc) is 2.63. The normalized spacial score (nSPS) is 12.7. The van der Waals surface area contributed by atoms with Crippen molar-refractivity contribution in [2.75, 3.05) is 20.7 Å². The number of likely N-dealkylation sites (N-methyl/N-ethyl adjacent to an activating group) is 1. The van der Waals surface area contributed by atoms with E-state index in [4.69, 9.17) is 4.74 Å². The molecule has 0 spiro atoms. The lowest BCUT2D eigenvalue weighted by Gasteiger charge is -2.20. The van der Waals surface area contributed by atoms with Crippen LogP contribution in [0.1, 0.15) is 29.7 Å². The zero-order valence-electron chi connectivity index (χ0n) is 16.3. The Morgan fingerprint density at radius 3 is 2.30 bits per heavy atom. The highest BCUT2D eigenvalue weighted by molar-refractivity contribution is 7.89. The predicted molar refractivity (Wildman–Crippen MR) is 105 cm³/mol. The molecule has 1 N–H and O–H groups in total. The van der Waals surface area contributed by atoms with Gasteiger partial charge in [-0.25, -0.2) is 8.42 Å². The van der Waals surface area contributed by atoms with E-state index in [9.17, 15) is 13.2 Å². The highest BCUT2D eigenvalue weighted by Gasteiger charge is 2.23. The molecule has 0 aliphatic heterocycles. The van der Waals surface area contributed by atoms with Crippen LogP contribution in [0.5, 0.6) is 5.75 Å². The van der Waals surface area contributed by atoms with Crippen LogP contribution in [-0.2, 0) is 14.8 Å². The lowest BCUT2D eigenvalue weighted by molar-refractivity contribution is -0.121. The molecule has 0 aliphatic rings. The maximum Gasteiger partial charge on any atom is 0.243 e. The quantitative estimate of drug-likeness (QED) is 0.789. The molecule has 146 valence electrons. The van der Waals surface area contributed by atoms with E-state index in [1.165, 1.54) is 31.9 Å². The first kappa shape index (κ1) is 20.9. The van der Waals surface area contributed by atoms with Crippen LogP contribution in [-0.4, -0.2) is 39.3 Å². The maximum atomic E-state index is 12.6. The van der Waals surface area contributed by atoms with Crippen LogP contribution >= 0.6 is 0 Å². The smallest absolute Gasteiger partial charge is 0.243 e. The fourth-order valence-corrected chi connectivity index (χ4v) is 3.75. The minimum Gasteiger partial charge on any atom is -0.497 e. The van der Waals surface area contributed by atoms with E-state index in [1.54, 1.807) is 12.1 Å². The van der Waals surface area contributed by atoms with Gasteiger partial charge >= 0.3 is 0 Å². The van der Waals surface area contributed by atoms with Gasteiger partial charge in [0.1, 0.15) is 5.75 Å². The molecule has 1 amide bonds. The Hall–Kier alpha value is -2.38. The van der Waals surface area contributed by atoms with Crippen molar-refractivity contribution >= 4 is 15.9 Å². The number of hydrogen-bond acceptors (Lipinski definition) is 4. The van der Waals surface area contributed by atoms with Crippen molar-refractivity contribution in [1.82, 2.24) is 9.62 Å². The van der Waals surface area contributed by atoms with Crippen molar-refractivity contribution in [1.29, 1.82) is 0 Å². The van der Waals surface area contributed by atoms with Crippen LogP contribution in [0.4, 0.5) is 0 Å². The number of methoxy groups -OCH3 is 1. The summed E-state index contributed by atoms with van der Waals surface area (Å²) >= 11 is 0. The summed E-state index contributed by atoms with van der Waals surface area (Å²) in [6, 6.07) is 11.8. The third-order valence-electron chi connectivity index (χ3n) is 4.54. The number of amides is 1. The molecular weight excluding hydrogens is 364 g/mol. The summed E-state index contributed by atoms with van der Waals surface area (Å²) in [6.45, 7) is 5.66. The number of nitrogens with one attached hydrogen (secondary N) is 1. The first-order valence-corrected chi connectivity index (χ1v) is 10.1. The number of sulfonamides is 1. The summed E-state index contributed by atoms with van der Waals surface area (Å²) in [5.41, 5.74) is 3.31. The van der Waals surface area contributed by atoms with Gasteiger partial charge in [-0.3, -0.25) is 4.79 Å². The number of carbonyl (C=O) groups is 1. The highest BCUT2D eigenvalue weighted by Crippen LogP contribution is 2.19. The molecule has 7 heteroatoms. The molecule has 27 heavy (non-hydrogen) atoms. The molecule has 2 aromatic rings. The van der Waals surface area contributed by atoms with Gasteiger partial charge in [-0.15, -0.1) is 0 Å². The highest BCUT2D eigenvalue weighted by atomic mass is 32.2. The van der Waals surface area contributed by atoms with Gasteiger partial charge in [0.05, 0.1) is 24.6 Å². The minimum absolute atomic E-state index is 0.112. The zero-order chi connectivity index (χ0) is 20.2. The molecule has 0 aromatic heterocycles. The van der Waals surface area contributed by atoms with Gasteiger partial charge < -0.3 is 10.1 Å². The van der Waals surface area contributed by atoms with E-state index >= 15 is 0 Å². The number of aryl methyl sites for hydroxylation is 2. The van der Waals surface area contributed by atoms with Gasteiger partial charge in [-0.2, -0.15) is 4.31 Å². The number of hydrogen-bond donors (Lipinski definition) is 1. The van der Waals surface area contributed by atoms with Crippen molar-refractivity contribution in [3.63, 3.8) is 0 Å². The van der Waals surface area contributed by atoms with E-state index < -0.39 is 10.0 Å². The van der Waals surface area contributed by atoms with E-state index in [-0.39, 0.29) is 23.4 Å². The van der Waals surface area contributed by atoms with E-state index in [1.807, 2.05) is 39.0 Å². The van der Waals surface area contributed by atoms with Crippen molar-refractivity contribution < 1.29 is 17.9 Å². The molecule has 0 saturated carbocycles. The third-order valence-corrected chi connectivity index (χ3v) is 6.36. The molecule has 0 fully saturated rings. The lowest BCUT2D eigenvalue weighted by Crippen LogP contribution is -2.39. The molecule has 2 rings (SSSR count). The van der Waals surface area contributed by atoms with Crippen molar-refractivity contribution in [2.24, 2.45) is 0 Å². The van der Waals surface area contributed by atoms with Gasteiger partial charge in [0.2, 0.25) is 15.9 Å². The number of carbonyl (C=O) groups excluding carboxylic acids is 1. The first-order chi connectivity index (χ1) is 12.6. The Morgan fingerprint density at radius 1 is 1.11 bits per heavy atom. The van der Waals surface area contributed by atoms with Crippen molar-refractivity contribution in [2.45, 2.75) is 31.7 Å².